The number of pyridine rings is 1. The average Bonchev–Trinajstić information content (AvgIpc) is 3.22. The third kappa shape index (κ3) is 3.71. The maximum atomic E-state index is 13.1. The number of nitrogens with one attached hydrogen (secondary N) is 1. The first kappa shape index (κ1) is 18.4. The van der Waals surface area contributed by atoms with E-state index < -0.39 is 0 Å². The largest absolute Gasteiger partial charge is 0.497 e. The number of benzene rings is 1. The Bertz CT molecular complexity index is 992. The lowest BCUT2D eigenvalue weighted by Gasteiger charge is -2.23. The molecule has 28 heavy (non-hydrogen) atoms. The molecule has 1 unspecified atom stereocenters. The first-order valence-corrected chi connectivity index (χ1v) is 9.58. The Balaban J connectivity index is 1.76. The fourth-order valence-electron chi connectivity index (χ4n) is 3.46. The van der Waals surface area contributed by atoms with Gasteiger partial charge in [0.1, 0.15) is 5.75 Å². The molecule has 0 spiro atoms. The highest BCUT2D eigenvalue weighted by Crippen LogP contribution is 2.27. The van der Waals surface area contributed by atoms with Gasteiger partial charge >= 0.3 is 0 Å². The van der Waals surface area contributed by atoms with E-state index in [0.717, 1.165) is 36.9 Å². The monoisotopic (exact) mass is 380 g/mol. The number of carbonyl (C=O) groups excluding carboxylic acids is 1. The van der Waals surface area contributed by atoms with Crippen LogP contribution in [0.15, 0.2) is 36.7 Å². The summed E-state index contributed by atoms with van der Waals surface area (Å²) < 4.78 is 12.7. The van der Waals surface area contributed by atoms with E-state index in [9.17, 15) is 4.79 Å². The number of aryl methyl sites for hydroxylation is 1. The number of methoxy groups -OCH3 is 1. The quantitative estimate of drug-likeness (QED) is 0.736. The summed E-state index contributed by atoms with van der Waals surface area (Å²) in [6.07, 6.45) is 5.60. The Labute approximate surface area is 163 Å². The molecule has 3 aromatic rings. The van der Waals surface area contributed by atoms with Gasteiger partial charge in [0.2, 0.25) is 0 Å². The molecule has 1 saturated heterocycles. The fourth-order valence-corrected chi connectivity index (χ4v) is 3.46. The molecule has 7 nitrogen and oxygen atoms in total. The normalized spacial score (nSPS) is 16.9. The Morgan fingerprint density at radius 3 is 3.00 bits per heavy atom. The Hall–Kier alpha value is -2.93. The molecule has 146 valence electrons. The number of ether oxygens (including phenoxy) is 2. The van der Waals surface area contributed by atoms with Crippen LogP contribution in [-0.4, -0.2) is 47.0 Å². The van der Waals surface area contributed by atoms with Crippen LogP contribution in [-0.2, 0) is 11.3 Å². The minimum atomic E-state index is -0.114. The summed E-state index contributed by atoms with van der Waals surface area (Å²) in [7, 11) is 1.62. The summed E-state index contributed by atoms with van der Waals surface area (Å²) in [4.78, 5) is 17.8. The first-order valence-electron chi connectivity index (χ1n) is 9.58. The average molecular weight is 380 g/mol. The molecule has 1 aliphatic heterocycles. The molecule has 1 fully saturated rings. The number of hydrogen-bond donors (Lipinski definition) is 1. The van der Waals surface area contributed by atoms with Crippen LogP contribution in [0.25, 0.3) is 22.2 Å². The molecular formula is C21H24N4O3. The Morgan fingerprint density at radius 1 is 1.39 bits per heavy atom. The molecular weight excluding hydrogens is 356 g/mol. The number of nitrogens with zero attached hydrogens (tertiary/aromatic N) is 3. The van der Waals surface area contributed by atoms with Gasteiger partial charge in [0, 0.05) is 36.4 Å². The second-order valence-corrected chi connectivity index (χ2v) is 6.91. The molecule has 1 amide bonds. The minimum absolute atomic E-state index is 0.0361. The van der Waals surface area contributed by atoms with Crippen molar-refractivity contribution in [3.63, 3.8) is 0 Å². The van der Waals surface area contributed by atoms with Crippen molar-refractivity contribution in [3.8, 4) is 17.0 Å². The Kier molecular flexibility index (Phi) is 5.25. The van der Waals surface area contributed by atoms with Gasteiger partial charge < -0.3 is 14.8 Å². The number of fused-ring (bicyclic) bond motifs is 1. The van der Waals surface area contributed by atoms with E-state index in [1.165, 1.54) is 0 Å². The summed E-state index contributed by atoms with van der Waals surface area (Å²) in [5.74, 6) is 0.589. The Morgan fingerprint density at radius 2 is 2.29 bits per heavy atom. The van der Waals surface area contributed by atoms with Crippen molar-refractivity contribution in [1.82, 2.24) is 20.1 Å². The number of rotatable bonds is 5. The topological polar surface area (TPSA) is 78.3 Å². The van der Waals surface area contributed by atoms with E-state index in [1.54, 1.807) is 13.3 Å². The third-order valence-corrected chi connectivity index (χ3v) is 5.01. The van der Waals surface area contributed by atoms with E-state index in [1.807, 2.05) is 42.1 Å². The molecule has 1 atom stereocenters. The SMILES string of the molecule is CCn1cc(-c2cc(C(=O)NC3CCCOC3)c3ccc(OC)cc3n2)cn1. The zero-order chi connectivity index (χ0) is 19.5. The van der Waals surface area contributed by atoms with Gasteiger partial charge in [-0.05, 0) is 38.0 Å². The van der Waals surface area contributed by atoms with Gasteiger partial charge in [0.25, 0.3) is 5.91 Å². The van der Waals surface area contributed by atoms with Crippen LogP contribution in [0.4, 0.5) is 0 Å². The van der Waals surface area contributed by atoms with Gasteiger partial charge in [-0.1, -0.05) is 0 Å². The van der Waals surface area contributed by atoms with Crippen molar-refractivity contribution in [3.05, 3.63) is 42.2 Å². The predicted octanol–water partition coefficient (Wildman–Crippen LogP) is 3.04. The van der Waals surface area contributed by atoms with Crippen LogP contribution < -0.4 is 10.1 Å². The van der Waals surface area contributed by atoms with E-state index in [2.05, 4.69) is 10.4 Å². The van der Waals surface area contributed by atoms with Crippen molar-refractivity contribution in [2.45, 2.75) is 32.4 Å². The summed E-state index contributed by atoms with van der Waals surface area (Å²) in [5.41, 5.74) is 2.90. The van der Waals surface area contributed by atoms with Crippen molar-refractivity contribution < 1.29 is 14.3 Å². The highest BCUT2D eigenvalue weighted by atomic mass is 16.5. The standard InChI is InChI=1S/C21H24N4O3/c1-3-25-12-14(11-22-25)19-10-18(21(26)23-15-5-4-8-28-13-15)17-7-6-16(27-2)9-20(17)24-19/h6-7,9-12,15H,3-5,8,13H2,1-2H3,(H,23,26). The number of hydrogen-bond acceptors (Lipinski definition) is 5. The van der Waals surface area contributed by atoms with Gasteiger partial charge in [0.15, 0.2) is 0 Å². The third-order valence-electron chi connectivity index (χ3n) is 5.01. The first-order chi connectivity index (χ1) is 13.7. The molecule has 7 heteroatoms. The minimum Gasteiger partial charge on any atom is -0.497 e. The lowest BCUT2D eigenvalue weighted by Crippen LogP contribution is -2.40. The number of carbonyl (C=O) groups is 1. The molecule has 0 radical (unpaired) electrons. The molecule has 0 bridgehead atoms. The summed E-state index contributed by atoms with van der Waals surface area (Å²) in [5, 5.41) is 8.23. The van der Waals surface area contributed by atoms with Crippen molar-refractivity contribution in [2.75, 3.05) is 20.3 Å². The summed E-state index contributed by atoms with van der Waals surface area (Å²) in [6.45, 7) is 4.12. The van der Waals surface area contributed by atoms with E-state index in [-0.39, 0.29) is 11.9 Å². The second-order valence-electron chi connectivity index (χ2n) is 6.91. The van der Waals surface area contributed by atoms with Gasteiger partial charge in [-0.25, -0.2) is 4.98 Å². The fraction of sp³-hybridized carbons (Fsp3) is 0.381. The smallest absolute Gasteiger partial charge is 0.252 e. The van der Waals surface area contributed by atoms with Crippen LogP contribution in [0.5, 0.6) is 5.75 Å². The molecule has 0 aliphatic carbocycles. The van der Waals surface area contributed by atoms with E-state index in [0.29, 0.717) is 29.1 Å². The van der Waals surface area contributed by atoms with Crippen LogP contribution in [0.3, 0.4) is 0 Å². The molecule has 4 rings (SSSR count). The molecule has 0 saturated carbocycles. The summed E-state index contributed by atoms with van der Waals surface area (Å²) in [6, 6.07) is 7.45. The maximum Gasteiger partial charge on any atom is 0.252 e. The molecule has 3 heterocycles. The van der Waals surface area contributed by atoms with Crippen LogP contribution in [0, 0.1) is 0 Å². The molecule has 1 aliphatic rings. The van der Waals surface area contributed by atoms with E-state index in [4.69, 9.17) is 14.5 Å². The van der Waals surface area contributed by atoms with Crippen LogP contribution in [0.2, 0.25) is 0 Å². The lowest BCUT2D eigenvalue weighted by molar-refractivity contribution is 0.0625. The zero-order valence-electron chi connectivity index (χ0n) is 16.1. The highest BCUT2D eigenvalue weighted by molar-refractivity contribution is 6.07. The predicted molar refractivity (Wildman–Crippen MR) is 106 cm³/mol. The molecule has 1 N–H and O–H groups in total. The van der Waals surface area contributed by atoms with Gasteiger partial charge in [-0.15, -0.1) is 0 Å². The number of aromatic nitrogens is 3. The van der Waals surface area contributed by atoms with Crippen LogP contribution in [0.1, 0.15) is 30.1 Å². The highest BCUT2D eigenvalue weighted by Gasteiger charge is 2.20. The molecule has 1 aromatic carbocycles. The van der Waals surface area contributed by atoms with E-state index >= 15 is 0 Å². The maximum absolute atomic E-state index is 13.1. The van der Waals surface area contributed by atoms with Crippen molar-refractivity contribution in [2.24, 2.45) is 0 Å². The van der Waals surface area contributed by atoms with Crippen molar-refractivity contribution >= 4 is 16.8 Å². The van der Waals surface area contributed by atoms with Gasteiger partial charge in [-0.3, -0.25) is 9.48 Å². The van der Waals surface area contributed by atoms with Gasteiger partial charge in [-0.2, -0.15) is 5.10 Å². The lowest BCUT2D eigenvalue weighted by atomic mass is 10.0. The number of amides is 1. The zero-order valence-corrected chi connectivity index (χ0v) is 16.1. The van der Waals surface area contributed by atoms with Crippen molar-refractivity contribution in [1.29, 1.82) is 0 Å². The second kappa shape index (κ2) is 7.98. The van der Waals surface area contributed by atoms with Gasteiger partial charge in [0.05, 0.1) is 42.7 Å². The van der Waals surface area contributed by atoms with Crippen LogP contribution >= 0.6 is 0 Å². The summed E-state index contributed by atoms with van der Waals surface area (Å²) >= 11 is 0. The molecule has 2 aromatic heterocycles.